The highest BCUT2D eigenvalue weighted by Crippen LogP contribution is 2.45. The zero-order valence-corrected chi connectivity index (χ0v) is 39.2. The van der Waals surface area contributed by atoms with E-state index in [1.807, 2.05) is 6.07 Å². The molecule has 0 aliphatic heterocycles. The fraction of sp³-hybridized carbons (Fsp3) is 0. The Morgan fingerprint density at radius 1 is 0.333 bits per heavy atom. The monoisotopic (exact) mass is 935 g/mol. The van der Waals surface area contributed by atoms with Crippen LogP contribution >= 0.6 is 11.3 Å². The molecule has 334 valence electrons. The number of hydrogen-bond acceptors (Lipinski definition) is 5. The molecule has 0 saturated carbocycles. The molecule has 0 unspecified atom stereocenters. The zero-order chi connectivity index (χ0) is 47.0. The predicted octanol–water partition coefficient (Wildman–Crippen LogP) is 17.6. The summed E-state index contributed by atoms with van der Waals surface area (Å²) in [6, 6.07) is 80.3. The van der Waals surface area contributed by atoms with Crippen LogP contribution in [0.15, 0.2) is 229 Å². The lowest BCUT2D eigenvalue weighted by molar-refractivity contribution is 0.666. The first kappa shape index (κ1) is 39.4. The predicted molar refractivity (Wildman–Crippen MR) is 300 cm³/mol. The second-order valence-corrected chi connectivity index (χ2v) is 19.8. The summed E-state index contributed by atoms with van der Waals surface area (Å²) in [5.41, 5.74) is 10.6. The van der Waals surface area contributed by atoms with Crippen molar-refractivity contribution < 1.29 is 4.42 Å². The fourth-order valence-electron chi connectivity index (χ4n) is 11.4. The van der Waals surface area contributed by atoms with Gasteiger partial charge in [-0.15, -0.1) is 11.3 Å². The molecule has 6 nitrogen and oxygen atoms in total. The first-order chi connectivity index (χ1) is 35.7. The molecule has 5 heterocycles. The molecule has 0 fully saturated rings. The molecule has 16 rings (SSSR count). The van der Waals surface area contributed by atoms with E-state index in [4.69, 9.17) is 19.4 Å². The van der Waals surface area contributed by atoms with Crippen molar-refractivity contribution in [3.63, 3.8) is 0 Å². The van der Waals surface area contributed by atoms with Crippen molar-refractivity contribution in [1.29, 1.82) is 0 Å². The van der Waals surface area contributed by atoms with Crippen LogP contribution in [-0.4, -0.2) is 24.1 Å². The summed E-state index contributed by atoms with van der Waals surface area (Å²) >= 11 is 1.79. The van der Waals surface area contributed by atoms with E-state index in [2.05, 4.69) is 228 Å². The minimum absolute atomic E-state index is 0.548. The first-order valence-electron chi connectivity index (χ1n) is 24.2. The highest BCUT2D eigenvalue weighted by Gasteiger charge is 2.26. The lowest BCUT2D eigenvalue weighted by Gasteiger charge is -2.16. The third-order valence-corrected chi connectivity index (χ3v) is 15.8. The molecule has 5 aromatic heterocycles. The number of hydrogen-bond donors (Lipinski definition) is 0. The highest BCUT2D eigenvalue weighted by atomic mass is 32.1. The van der Waals surface area contributed by atoms with Crippen molar-refractivity contribution in [3.8, 4) is 45.5 Å². The van der Waals surface area contributed by atoms with E-state index in [0.717, 1.165) is 104 Å². The van der Waals surface area contributed by atoms with E-state index >= 15 is 0 Å². The number of aromatic nitrogens is 5. The Morgan fingerprint density at radius 2 is 0.875 bits per heavy atom. The normalized spacial score (nSPS) is 12.2. The smallest absolute Gasteiger partial charge is 0.166 e. The number of para-hydroxylation sites is 3. The Balaban J connectivity index is 1.01. The molecule has 0 aliphatic rings. The van der Waals surface area contributed by atoms with Gasteiger partial charge in [0.1, 0.15) is 11.3 Å². The van der Waals surface area contributed by atoms with E-state index < -0.39 is 0 Å². The molecule has 0 bridgehead atoms. The molecular weight excluding hydrogens is 899 g/mol. The molecule has 0 radical (unpaired) electrons. The van der Waals surface area contributed by atoms with Crippen LogP contribution in [-0.2, 0) is 0 Å². The number of nitrogens with zero attached hydrogens (tertiary/aromatic N) is 5. The second kappa shape index (κ2) is 15.0. The lowest BCUT2D eigenvalue weighted by atomic mass is 10.0. The molecule has 7 heteroatoms. The third kappa shape index (κ3) is 5.80. The number of rotatable bonds is 5. The molecule has 16 aromatic rings. The summed E-state index contributed by atoms with van der Waals surface area (Å²) in [6.45, 7) is 0. The van der Waals surface area contributed by atoms with Crippen LogP contribution in [0.4, 0.5) is 0 Å². The topological polar surface area (TPSA) is 61.7 Å². The Bertz CT molecular complexity index is 4850. The van der Waals surface area contributed by atoms with Gasteiger partial charge in [-0.1, -0.05) is 133 Å². The summed E-state index contributed by atoms with van der Waals surface area (Å²) in [6.07, 6.45) is 0. The summed E-state index contributed by atoms with van der Waals surface area (Å²) < 4.78 is 14.3. The fourth-order valence-corrected chi connectivity index (χ4v) is 12.5. The number of benzene rings is 11. The minimum Gasteiger partial charge on any atom is -0.454 e. The average Bonchev–Trinajstić information content (AvgIpc) is 4.19. The minimum atomic E-state index is 0.548. The molecule has 0 saturated heterocycles. The maximum atomic E-state index is 7.08. The van der Waals surface area contributed by atoms with Crippen molar-refractivity contribution in [3.05, 3.63) is 224 Å². The van der Waals surface area contributed by atoms with Crippen LogP contribution < -0.4 is 0 Å². The zero-order valence-electron chi connectivity index (χ0n) is 38.4. The van der Waals surface area contributed by atoms with Gasteiger partial charge >= 0.3 is 0 Å². The molecule has 0 aliphatic carbocycles. The molecule has 0 spiro atoms. The molecule has 11 aromatic carbocycles. The van der Waals surface area contributed by atoms with Crippen molar-refractivity contribution in [2.75, 3.05) is 0 Å². The van der Waals surface area contributed by atoms with Gasteiger partial charge in [0.25, 0.3) is 0 Å². The summed E-state index contributed by atoms with van der Waals surface area (Å²) in [5.74, 6) is 1.72. The molecular formula is C65H37N5OS. The van der Waals surface area contributed by atoms with E-state index in [9.17, 15) is 0 Å². The third-order valence-electron chi connectivity index (χ3n) is 14.7. The Labute approximate surface area is 414 Å². The second-order valence-electron chi connectivity index (χ2n) is 18.7. The Morgan fingerprint density at radius 3 is 1.62 bits per heavy atom. The van der Waals surface area contributed by atoms with Crippen LogP contribution in [0.3, 0.4) is 0 Å². The largest absolute Gasteiger partial charge is 0.454 e. The van der Waals surface area contributed by atoms with Gasteiger partial charge in [0, 0.05) is 74.9 Å². The number of fused-ring (bicyclic) bond motifs is 14. The van der Waals surface area contributed by atoms with E-state index in [1.54, 1.807) is 11.3 Å². The Hall–Kier alpha value is -9.43. The van der Waals surface area contributed by atoms with E-state index in [1.165, 1.54) is 30.9 Å². The van der Waals surface area contributed by atoms with Gasteiger partial charge in [-0.25, -0.2) is 15.0 Å². The van der Waals surface area contributed by atoms with E-state index in [-0.39, 0.29) is 0 Å². The maximum absolute atomic E-state index is 7.08. The van der Waals surface area contributed by atoms with Gasteiger partial charge in [0.05, 0.1) is 22.1 Å². The quantitative estimate of drug-likeness (QED) is 0.172. The molecule has 0 amide bonds. The van der Waals surface area contributed by atoms with E-state index in [0.29, 0.717) is 17.5 Å². The van der Waals surface area contributed by atoms with Crippen LogP contribution in [0.2, 0.25) is 0 Å². The number of furan rings is 1. The van der Waals surface area contributed by atoms with Crippen molar-refractivity contribution in [2.24, 2.45) is 0 Å². The van der Waals surface area contributed by atoms with Crippen molar-refractivity contribution >= 4 is 119 Å². The lowest BCUT2D eigenvalue weighted by Crippen LogP contribution is -2.04. The van der Waals surface area contributed by atoms with Crippen LogP contribution in [0, 0.1) is 0 Å². The van der Waals surface area contributed by atoms with Gasteiger partial charge < -0.3 is 13.6 Å². The summed E-state index contributed by atoms with van der Waals surface area (Å²) in [7, 11) is 0. The van der Waals surface area contributed by atoms with Gasteiger partial charge in [-0.05, 0) is 113 Å². The standard InChI is InChI=1S/C65H37N5OS/c1-2-18-44(19-3-1)69-54-23-11-8-20-45(54)51-34-42(27-31-55(51)69)63-66-64(43-26-28-48-47-22-10-13-25-59(47)72-60(48)37-43)68-65(67-63)50-30-29-49-46-21-9-12-24-58(46)71-62(49)61(50)70-56-35-40-16-6-4-14-38(40)32-52(56)53-33-39-15-5-7-17-41(39)36-57(53)70/h1-37H. The first-order valence-corrected chi connectivity index (χ1v) is 25.1. The van der Waals surface area contributed by atoms with Gasteiger partial charge in [-0.3, -0.25) is 0 Å². The van der Waals surface area contributed by atoms with Crippen LogP contribution in [0.1, 0.15) is 0 Å². The maximum Gasteiger partial charge on any atom is 0.166 e. The average molecular weight is 936 g/mol. The van der Waals surface area contributed by atoms with Crippen LogP contribution in [0.25, 0.3) is 153 Å². The number of thiophene rings is 1. The van der Waals surface area contributed by atoms with Gasteiger partial charge in [-0.2, -0.15) is 0 Å². The van der Waals surface area contributed by atoms with Crippen LogP contribution in [0.5, 0.6) is 0 Å². The van der Waals surface area contributed by atoms with Gasteiger partial charge in [0.2, 0.25) is 0 Å². The summed E-state index contributed by atoms with van der Waals surface area (Å²) in [4.78, 5) is 16.5. The van der Waals surface area contributed by atoms with Gasteiger partial charge in [0.15, 0.2) is 23.1 Å². The molecule has 0 N–H and O–H groups in total. The molecule has 72 heavy (non-hydrogen) atoms. The highest BCUT2D eigenvalue weighted by molar-refractivity contribution is 7.25. The van der Waals surface area contributed by atoms with Crippen molar-refractivity contribution in [2.45, 2.75) is 0 Å². The SMILES string of the molecule is c1ccc(-n2c3ccccc3c3cc(-c4nc(-c5ccc6c(c5)sc5ccccc56)nc(-c5ccc6c(oc7ccccc76)c5-n5c6cc7ccccc7cc6c6cc7ccccc7cc65)n4)ccc32)cc1. The Kier molecular flexibility index (Phi) is 8.23. The van der Waals surface area contributed by atoms with Crippen molar-refractivity contribution in [1.82, 2.24) is 24.1 Å². The molecule has 0 atom stereocenters. The summed E-state index contributed by atoms with van der Waals surface area (Å²) in [5, 5.41) is 13.8.